The summed E-state index contributed by atoms with van der Waals surface area (Å²) in [7, 11) is 0. The van der Waals surface area contributed by atoms with E-state index >= 15 is 0 Å². The van der Waals surface area contributed by atoms with E-state index in [1.807, 2.05) is 59.5 Å². The number of benzene rings is 3. The number of nitrogens with zero attached hydrogens (tertiary/aromatic N) is 2. The third-order valence-electron chi connectivity index (χ3n) is 7.48. The number of anilines is 3. The van der Waals surface area contributed by atoms with Gasteiger partial charge in [-0.05, 0) is 67.6 Å². The number of carbonyl (C=O) groups excluding carboxylic acids is 2. The van der Waals surface area contributed by atoms with Gasteiger partial charge in [-0.3, -0.25) is 14.5 Å². The van der Waals surface area contributed by atoms with E-state index < -0.39 is 6.04 Å². The molecule has 1 heterocycles. The largest absolute Gasteiger partial charge is 0.372 e. The first-order chi connectivity index (χ1) is 17.8. The first-order valence-corrected chi connectivity index (χ1v) is 13.2. The number of carbonyl (C=O) groups is 2. The van der Waals surface area contributed by atoms with Crippen molar-refractivity contribution in [3.05, 3.63) is 101 Å². The Bertz CT molecular complexity index is 1340. The molecule has 0 spiro atoms. The number of amides is 1. The minimum absolute atomic E-state index is 0.0928. The Morgan fingerprint density at radius 1 is 0.919 bits per heavy atom. The minimum Gasteiger partial charge on any atom is -0.372 e. The van der Waals surface area contributed by atoms with Gasteiger partial charge in [0.1, 0.15) is 0 Å². The van der Waals surface area contributed by atoms with E-state index in [0.717, 1.165) is 47.8 Å². The molecule has 0 radical (unpaired) electrons. The summed E-state index contributed by atoms with van der Waals surface area (Å²) in [4.78, 5) is 32.2. The summed E-state index contributed by atoms with van der Waals surface area (Å²) in [5.74, 6) is -0.0331. The highest BCUT2D eigenvalue weighted by molar-refractivity contribution is 6.12. The second-order valence-electron chi connectivity index (χ2n) is 10.7. The van der Waals surface area contributed by atoms with Crippen LogP contribution in [0.25, 0.3) is 0 Å². The lowest BCUT2D eigenvalue weighted by molar-refractivity contribution is -0.118. The molecule has 0 saturated heterocycles. The van der Waals surface area contributed by atoms with E-state index in [-0.39, 0.29) is 17.1 Å². The summed E-state index contributed by atoms with van der Waals surface area (Å²) in [6.45, 7) is 10.4. The molecule has 37 heavy (non-hydrogen) atoms. The van der Waals surface area contributed by atoms with Gasteiger partial charge in [-0.25, -0.2) is 0 Å². The van der Waals surface area contributed by atoms with Crippen LogP contribution in [0, 0.1) is 5.41 Å². The second-order valence-corrected chi connectivity index (χ2v) is 10.7. The summed E-state index contributed by atoms with van der Waals surface area (Å²) < 4.78 is 0. The number of rotatable bonds is 5. The zero-order valence-corrected chi connectivity index (χ0v) is 22.1. The summed E-state index contributed by atoms with van der Waals surface area (Å²) in [5, 5.41) is 3.59. The van der Waals surface area contributed by atoms with Crippen molar-refractivity contribution >= 4 is 28.8 Å². The molecule has 3 aromatic carbocycles. The molecule has 0 saturated carbocycles. The molecule has 1 atom stereocenters. The molecule has 5 heteroatoms. The van der Waals surface area contributed by atoms with Crippen molar-refractivity contribution in [2.75, 3.05) is 28.2 Å². The van der Waals surface area contributed by atoms with E-state index in [9.17, 15) is 9.59 Å². The maximum Gasteiger partial charge on any atom is 0.259 e. The Morgan fingerprint density at radius 3 is 2.24 bits per heavy atom. The number of nitrogens with one attached hydrogen (secondary N) is 1. The molecule has 0 fully saturated rings. The molecular formula is C32H35N3O2. The molecule has 1 amide bonds. The fraction of sp³-hybridized carbons (Fsp3) is 0.312. The van der Waals surface area contributed by atoms with Crippen LogP contribution in [-0.4, -0.2) is 24.8 Å². The van der Waals surface area contributed by atoms with E-state index in [1.165, 1.54) is 0 Å². The van der Waals surface area contributed by atoms with Gasteiger partial charge in [-0.15, -0.1) is 0 Å². The summed E-state index contributed by atoms with van der Waals surface area (Å²) in [6.07, 6.45) is 1.19. The number of hydrogen-bond donors (Lipinski definition) is 1. The van der Waals surface area contributed by atoms with Gasteiger partial charge < -0.3 is 10.2 Å². The van der Waals surface area contributed by atoms with Crippen LogP contribution in [0.2, 0.25) is 0 Å². The van der Waals surface area contributed by atoms with Gasteiger partial charge in [0.05, 0.1) is 17.4 Å². The zero-order valence-electron chi connectivity index (χ0n) is 22.1. The Hall–Kier alpha value is -3.86. The number of fused-ring (bicyclic) bond motifs is 1. The van der Waals surface area contributed by atoms with E-state index in [0.29, 0.717) is 17.6 Å². The summed E-state index contributed by atoms with van der Waals surface area (Å²) >= 11 is 0. The average molecular weight is 494 g/mol. The van der Waals surface area contributed by atoms with Crippen LogP contribution in [0.4, 0.5) is 17.1 Å². The SMILES string of the molecule is CCN(CC)c1ccc(C2C3=C(CC(C)(C)CC3=O)Nc3ccccc3N2C(=O)c2ccccc2)cc1. The number of hydrogen-bond acceptors (Lipinski definition) is 4. The first kappa shape index (κ1) is 24.8. The molecule has 0 aromatic heterocycles. The van der Waals surface area contributed by atoms with Crippen LogP contribution in [0.15, 0.2) is 90.1 Å². The fourth-order valence-electron chi connectivity index (χ4n) is 5.70. The third kappa shape index (κ3) is 4.66. The van der Waals surface area contributed by atoms with Crippen molar-refractivity contribution in [1.29, 1.82) is 0 Å². The molecule has 5 nitrogen and oxygen atoms in total. The quantitative estimate of drug-likeness (QED) is 0.416. The molecule has 2 aliphatic rings. The van der Waals surface area contributed by atoms with Crippen LogP contribution in [0.1, 0.15) is 62.5 Å². The van der Waals surface area contributed by atoms with Crippen molar-refractivity contribution in [3.63, 3.8) is 0 Å². The van der Waals surface area contributed by atoms with Crippen molar-refractivity contribution in [3.8, 4) is 0 Å². The second kappa shape index (κ2) is 9.89. The topological polar surface area (TPSA) is 52.7 Å². The minimum atomic E-state index is -0.534. The van der Waals surface area contributed by atoms with E-state index in [2.05, 4.69) is 62.2 Å². The van der Waals surface area contributed by atoms with Crippen LogP contribution >= 0.6 is 0 Å². The van der Waals surface area contributed by atoms with E-state index in [1.54, 1.807) is 0 Å². The lowest BCUT2D eigenvalue weighted by atomic mass is 9.73. The lowest BCUT2D eigenvalue weighted by Gasteiger charge is -2.37. The normalized spacial score (nSPS) is 18.4. The highest BCUT2D eigenvalue weighted by atomic mass is 16.2. The van der Waals surface area contributed by atoms with Gasteiger partial charge in [-0.1, -0.05) is 56.3 Å². The smallest absolute Gasteiger partial charge is 0.259 e. The average Bonchev–Trinajstić information content (AvgIpc) is 3.03. The molecule has 3 aromatic rings. The van der Waals surface area contributed by atoms with Crippen molar-refractivity contribution < 1.29 is 9.59 Å². The van der Waals surface area contributed by atoms with Gasteiger partial charge >= 0.3 is 0 Å². The molecule has 1 aliphatic carbocycles. The number of Topliss-reactive ketones (excluding diaryl/α,β-unsaturated/α-hetero) is 1. The van der Waals surface area contributed by atoms with Crippen LogP contribution in [-0.2, 0) is 4.79 Å². The standard InChI is InChI=1S/C32H35N3O2/c1-5-34(6-2)24-18-16-22(17-19-24)30-29-26(20-32(3,4)21-28(29)36)33-25-14-10-11-15-27(25)35(30)31(37)23-12-8-7-9-13-23/h7-19,30,33H,5-6,20-21H2,1-4H3. The van der Waals surface area contributed by atoms with Crippen LogP contribution in [0.3, 0.4) is 0 Å². The van der Waals surface area contributed by atoms with Crippen LogP contribution < -0.4 is 15.1 Å². The Morgan fingerprint density at radius 2 is 1.57 bits per heavy atom. The predicted molar refractivity (Wildman–Crippen MR) is 151 cm³/mol. The number of allylic oxidation sites excluding steroid dienone is 1. The number of ketones is 1. The third-order valence-corrected chi connectivity index (χ3v) is 7.48. The zero-order chi connectivity index (χ0) is 26.2. The molecule has 5 rings (SSSR count). The van der Waals surface area contributed by atoms with E-state index in [4.69, 9.17) is 0 Å². The van der Waals surface area contributed by atoms with Gasteiger partial charge in [0.2, 0.25) is 0 Å². The maximum atomic E-state index is 14.2. The lowest BCUT2D eigenvalue weighted by Crippen LogP contribution is -2.39. The van der Waals surface area contributed by atoms with Gasteiger partial charge in [-0.2, -0.15) is 0 Å². The highest BCUT2D eigenvalue weighted by Gasteiger charge is 2.43. The monoisotopic (exact) mass is 493 g/mol. The van der Waals surface area contributed by atoms with Gasteiger partial charge in [0.25, 0.3) is 5.91 Å². The summed E-state index contributed by atoms with van der Waals surface area (Å²) in [5.41, 5.74) is 5.71. The molecular weight excluding hydrogens is 458 g/mol. The maximum absolute atomic E-state index is 14.2. The molecule has 1 aliphatic heterocycles. The van der Waals surface area contributed by atoms with Crippen molar-refractivity contribution in [1.82, 2.24) is 0 Å². The Labute approximate surface area is 219 Å². The predicted octanol–water partition coefficient (Wildman–Crippen LogP) is 6.99. The molecule has 1 unspecified atom stereocenters. The first-order valence-electron chi connectivity index (χ1n) is 13.2. The summed E-state index contributed by atoms with van der Waals surface area (Å²) in [6, 6.07) is 25.0. The van der Waals surface area contributed by atoms with Crippen LogP contribution in [0.5, 0.6) is 0 Å². The molecule has 190 valence electrons. The van der Waals surface area contributed by atoms with Gasteiger partial charge in [0, 0.05) is 42.0 Å². The van der Waals surface area contributed by atoms with Crippen molar-refractivity contribution in [2.45, 2.75) is 46.6 Å². The Kier molecular flexibility index (Phi) is 6.63. The molecule has 0 bridgehead atoms. The highest BCUT2D eigenvalue weighted by Crippen LogP contribution is 2.48. The van der Waals surface area contributed by atoms with Crippen molar-refractivity contribution in [2.24, 2.45) is 5.41 Å². The fourth-order valence-corrected chi connectivity index (χ4v) is 5.70. The number of para-hydroxylation sites is 2. The Balaban J connectivity index is 1.74. The molecule has 1 N–H and O–H groups in total. The van der Waals surface area contributed by atoms with Gasteiger partial charge in [0.15, 0.2) is 5.78 Å².